The zero-order valence-electron chi connectivity index (χ0n) is 12.5. The highest BCUT2D eigenvalue weighted by Crippen LogP contribution is 2.24. The van der Waals surface area contributed by atoms with Gasteiger partial charge in [-0.25, -0.2) is 4.39 Å². The number of nitrogens with one attached hydrogen (secondary N) is 1. The van der Waals surface area contributed by atoms with Crippen molar-refractivity contribution in [2.45, 2.75) is 26.7 Å². The summed E-state index contributed by atoms with van der Waals surface area (Å²) in [5, 5.41) is 2.84. The van der Waals surface area contributed by atoms with E-state index < -0.39 is 5.41 Å². The van der Waals surface area contributed by atoms with Crippen molar-refractivity contribution in [1.29, 1.82) is 0 Å². The quantitative estimate of drug-likeness (QED) is 0.724. The first kappa shape index (κ1) is 19.7. The Kier molecular flexibility index (Phi) is 8.97. The van der Waals surface area contributed by atoms with Gasteiger partial charge in [0.15, 0.2) is 0 Å². The molecular weight excluding hydrogens is 295 g/mol. The number of hydrogen-bond donors (Lipinski definition) is 2. The van der Waals surface area contributed by atoms with Gasteiger partial charge in [0.25, 0.3) is 0 Å². The van der Waals surface area contributed by atoms with Crippen molar-refractivity contribution >= 4 is 18.3 Å². The van der Waals surface area contributed by atoms with Crippen LogP contribution in [-0.2, 0) is 4.79 Å². The number of amides is 1. The predicted octanol–water partition coefficient (Wildman–Crippen LogP) is 2.51. The Hall–Kier alpha value is -1.33. The van der Waals surface area contributed by atoms with Crippen molar-refractivity contribution in [3.05, 3.63) is 30.1 Å². The molecule has 6 heteroatoms. The highest BCUT2D eigenvalue weighted by atomic mass is 35.5. The molecule has 0 saturated heterocycles. The molecular formula is C15H24ClFN2O2. The fourth-order valence-corrected chi connectivity index (χ4v) is 2.00. The van der Waals surface area contributed by atoms with Crippen LogP contribution in [0.2, 0.25) is 0 Å². The zero-order chi connectivity index (χ0) is 15.0. The van der Waals surface area contributed by atoms with Gasteiger partial charge in [-0.15, -0.1) is 12.4 Å². The number of halogens is 2. The summed E-state index contributed by atoms with van der Waals surface area (Å²) in [6.45, 7) is 5.00. The van der Waals surface area contributed by atoms with E-state index in [1.807, 2.05) is 13.8 Å². The Morgan fingerprint density at radius 1 is 1.29 bits per heavy atom. The smallest absolute Gasteiger partial charge is 0.227 e. The van der Waals surface area contributed by atoms with Gasteiger partial charge in [0.05, 0.1) is 12.0 Å². The molecule has 0 spiro atoms. The van der Waals surface area contributed by atoms with Gasteiger partial charge in [0.2, 0.25) is 5.91 Å². The molecule has 1 amide bonds. The third-order valence-electron chi connectivity index (χ3n) is 3.70. The summed E-state index contributed by atoms with van der Waals surface area (Å²) in [6.07, 6.45) is 1.43. The SMILES string of the molecule is CCC(CC)(CN)C(=O)NCCOc1ccc(F)cc1.Cl. The van der Waals surface area contributed by atoms with Crippen molar-refractivity contribution in [1.82, 2.24) is 5.32 Å². The summed E-state index contributed by atoms with van der Waals surface area (Å²) in [4.78, 5) is 12.1. The monoisotopic (exact) mass is 318 g/mol. The molecule has 0 unspecified atom stereocenters. The minimum absolute atomic E-state index is 0. The highest BCUT2D eigenvalue weighted by molar-refractivity contribution is 5.85. The molecule has 0 heterocycles. The minimum atomic E-state index is -0.490. The topological polar surface area (TPSA) is 64.4 Å². The molecule has 0 fully saturated rings. The lowest BCUT2D eigenvalue weighted by atomic mass is 9.81. The molecule has 0 atom stereocenters. The number of rotatable bonds is 8. The van der Waals surface area contributed by atoms with E-state index in [9.17, 15) is 9.18 Å². The number of carbonyl (C=O) groups excluding carboxylic acids is 1. The fraction of sp³-hybridized carbons (Fsp3) is 0.533. The molecule has 0 radical (unpaired) electrons. The number of benzene rings is 1. The number of hydrogen-bond acceptors (Lipinski definition) is 3. The van der Waals surface area contributed by atoms with E-state index in [-0.39, 0.29) is 24.1 Å². The molecule has 1 aromatic carbocycles. The molecule has 21 heavy (non-hydrogen) atoms. The van der Waals surface area contributed by atoms with E-state index in [4.69, 9.17) is 10.5 Å². The molecule has 120 valence electrons. The van der Waals surface area contributed by atoms with Gasteiger partial charge in [-0.05, 0) is 37.1 Å². The van der Waals surface area contributed by atoms with Crippen molar-refractivity contribution in [3.63, 3.8) is 0 Å². The van der Waals surface area contributed by atoms with Crippen molar-refractivity contribution in [2.75, 3.05) is 19.7 Å². The van der Waals surface area contributed by atoms with Gasteiger partial charge in [0.1, 0.15) is 18.2 Å². The summed E-state index contributed by atoms with van der Waals surface area (Å²) in [5.41, 5.74) is 5.22. The van der Waals surface area contributed by atoms with Gasteiger partial charge in [-0.3, -0.25) is 4.79 Å². The molecule has 1 rings (SSSR count). The number of carbonyl (C=O) groups is 1. The lowest BCUT2D eigenvalue weighted by Crippen LogP contribution is -2.46. The van der Waals surface area contributed by atoms with Crippen LogP contribution in [0.5, 0.6) is 5.75 Å². The van der Waals surface area contributed by atoms with E-state index in [2.05, 4.69) is 5.32 Å². The summed E-state index contributed by atoms with van der Waals surface area (Å²) >= 11 is 0. The molecule has 0 saturated carbocycles. The third-order valence-corrected chi connectivity index (χ3v) is 3.70. The second kappa shape index (κ2) is 9.58. The lowest BCUT2D eigenvalue weighted by Gasteiger charge is -2.28. The van der Waals surface area contributed by atoms with Gasteiger partial charge in [-0.1, -0.05) is 13.8 Å². The molecule has 0 aromatic heterocycles. The maximum atomic E-state index is 12.7. The second-order valence-corrected chi connectivity index (χ2v) is 4.75. The Bertz CT molecular complexity index is 414. The van der Waals surface area contributed by atoms with Crippen LogP contribution < -0.4 is 15.8 Å². The summed E-state index contributed by atoms with van der Waals surface area (Å²) < 4.78 is 18.1. The number of ether oxygens (including phenoxy) is 1. The van der Waals surface area contributed by atoms with Crippen LogP contribution in [0.1, 0.15) is 26.7 Å². The van der Waals surface area contributed by atoms with Gasteiger partial charge in [0, 0.05) is 6.54 Å². The van der Waals surface area contributed by atoms with Crippen LogP contribution in [0.4, 0.5) is 4.39 Å². The van der Waals surface area contributed by atoms with E-state index in [0.29, 0.717) is 38.3 Å². The van der Waals surface area contributed by atoms with E-state index in [0.717, 1.165) is 0 Å². The van der Waals surface area contributed by atoms with Crippen molar-refractivity contribution < 1.29 is 13.9 Å². The average Bonchev–Trinajstić information content (AvgIpc) is 2.48. The first-order valence-electron chi connectivity index (χ1n) is 6.94. The zero-order valence-corrected chi connectivity index (χ0v) is 13.3. The normalized spacial score (nSPS) is 10.7. The predicted molar refractivity (Wildman–Crippen MR) is 84.2 cm³/mol. The van der Waals surface area contributed by atoms with Crippen molar-refractivity contribution in [3.8, 4) is 5.75 Å². The Morgan fingerprint density at radius 3 is 2.33 bits per heavy atom. The Balaban J connectivity index is 0.00000400. The van der Waals surface area contributed by atoms with Crippen LogP contribution in [0.25, 0.3) is 0 Å². The minimum Gasteiger partial charge on any atom is -0.492 e. The summed E-state index contributed by atoms with van der Waals surface area (Å²) in [5.74, 6) is 0.244. The Labute approximate surface area is 131 Å². The lowest BCUT2D eigenvalue weighted by molar-refractivity contribution is -0.131. The molecule has 1 aromatic rings. The van der Waals surface area contributed by atoms with Crippen LogP contribution in [0, 0.1) is 11.2 Å². The van der Waals surface area contributed by atoms with Crippen LogP contribution in [0.3, 0.4) is 0 Å². The first-order valence-corrected chi connectivity index (χ1v) is 6.94. The number of nitrogens with two attached hydrogens (primary N) is 1. The average molecular weight is 319 g/mol. The highest BCUT2D eigenvalue weighted by Gasteiger charge is 2.32. The van der Waals surface area contributed by atoms with E-state index >= 15 is 0 Å². The molecule has 3 N–H and O–H groups in total. The molecule has 4 nitrogen and oxygen atoms in total. The van der Waals surface area contributed by atoms with Gasteiger partial charge < -0.3 is 15.8 Å². The molecule has 0 aliphatic carbocycles. The maximum Gasteiger partial charge on any atom is 0.227 e. The van der Waals surface area contributed by atoms with Crippen LogP contribution in [0.15, 0.2) is 24.3 Å². The fourth-order valence-electron chi connectivity index (χ4n) is 2.00. The summed E-state index contributed by atoms with van der Waals surface area (Å²) in [7, 11) is 0. The van der Waals surface area contributed by atoms with Gasteiger partial charge >= 0.3 is 0 Å². The second-order valence-electron chi connectivity index (χ2n) is 4.75. The first-order chi connectivity index (χ1) is 9.57. The van der Waals surface area contributed by atoms with Gasteiger partial charge in [-0.2, -0.15) is 0 Å². The standard InChI is InChI=1S/C15H23FN2O2.ClH/c1-3-15(4-2,11-17)14(19)18-9-10-20-13-7-5-12(16)6-8-13;/h5-8H,3-4,9-11,17H2,1-2H3,(H,18,19);1H. The van der Waals surface area contributed by atoms with Crippen LogP contribution >= 0.6 is 12.4 Å². The maximum absolute atomic E-state index is 12.7. The van der Waals surface area contributed by atoms with Crippen LogP contribution in [-0.4, -0.2) is 25.6 Å². The van der Waals surface area contributed by atoms with E-state index in [1.165, 1.54) is 12.1 Å². The molecule has 0 aliphatic rings. The largest absolute Gasteiger partial charge is 0.492 e. The molecule has 0 bridgehead atoms. The summed E-state index contributed by atoms with van der Waals surface area (Å²) in [6, 6.07) is 5.78. The molecule has 0 aliphatic heterocycles. The van der Waals surface area contributed by atoms with E-state index in [1.54, 1.807) is 12.1 Å². The third kappa shape index (κ3) is 5.52. The Morgan fingerprint density at radius 2 is 1.86 bits per heavy atom. The van der Waals surface area contributed by atoms with Crippen molar-refractivity contribution in [2.24, 2.45) is 11.1 Å².